The molecule has 2 N–H and O–H groups in total. The first-order chi connectivity index (χ1) is 23.2. The first kappa shape index (κ1) is 33.1. The van der Waals surface area contributed by atoms with Crippen LogP contribution in [-0.4, -0.2) is 43.0 Å². The molecule has 9 nitrogen and oxygen atoms in total. The summed E-state index contributed by atoms with van der Waals surface area (Å²) in [5.74, 6) is 0.395. The molecular formula is C36H32ClFN4O5S. The number of fused-ring (bicyclic) bond motifs is 1. The van der Waals surface area contributed by atoms with E-state index in [0.717, 1.165) is 0 Å². The van der Waals surface area contributed by atoms with Gasteiger partial charge in [0, 0.05) is 35.7 Å². The maximum atomic E-state index is 13.5. The lowest BCUT2D eigenvalue weighted by Gasteiger charge is -2.28. The van der Waals surface area contributed by atoms with Gasteiger partial charge < -0.3 is 20.1 Å². The largest absolute Gasteiger partial charge is 0.487 e. The summed E-state index contributed by atoms with van der Waals surface area (Å²) in [6, 6.07) is 25.2. The van der Waals surface area contributed by atoms with Crippen LogP contribution in [0, 0.1) is 5.82 Å². The van der Waals surface area contributed by atoms with Crippen molar-refractivity contribution < 1.29 is 27.1 Å². The normalized spacial score (nSPS) is 15.8. The predicted octanol–water partition coefficient (Wildman–Crippen LogP) is 6.90. The predicted molar refractivity (Wildman–Crippen MR) is 183 cm³/mol. The zero-order valence-electron chi connectivity index (χ0n) is 25.7. The molecule has 1 atom stereocenters. The van der Waals surface area contributed by atoms with Crippen LogP contribution >= 0.6 is 11.6 Å². The average molecular weight is 687 g/mol. The van der Waals surface area contributed by atoms with Crippen molar-refractivity contribution in [3.63, 3.8) is 0 Å². The molecule has 0 aliphatic carbocycles. The van der Waals surface area contributed by atoms with E-state index < -0.39 is 15.4 Å². The van der Waals surface area contributed by atoms with Crippen LogP contribution < -0.4 is 15.4 Å². The van der Waals surface area contributed by atoms with Gasteiger partial charge in [-0.05, 0) is 73.1 Å². The number of rotatable bonds is 14. The molecule has 1 aliphatic heterocycles. The minimum absolute atomic E-state index is 0.0323. The molecule has 1 aliphatic rings. The van der Waals surface area contributed by atoms with Gasteiger partial charge in [-0.15, -0.1) is 0 Å². The van der Waals surface area contributed by atoms with E-state index in [4.69, 9.17) is 21.1 Å². The molecule has 5 aromatic rings. The first-order valence-corrected chi connectivity index (χ1v) is 17.3. The van der Waals surface area contributed by atoms with Crippen LogP contribution in [0.25, 0.3) is 10.9 Å². The van der Waals surface area contributed by atoms with E-state index in [1.807, 2.05) is 18.2 Å². The lowest BCUT2D eigenvalue weighted by Crippen LogP contribution is -2.34. The number of hydrogen-bond acceptors (Lipinski definition) is 9. The Kier molecular flexibility index (Phi) is 10.00. The number of ether oxygens (including phenoxy) is 2. The number of carbonyl (C=O) groups excluding carboxylic acids is 1. The Labute approximate surface area is 282 Å². The third-order valence-electron chi connectivity index (χ3n) is 8.00. The third-order valence-corrected chi connectivity index (χ3v) is 10.0. The van der Waals surface area contributed by atoms with Crippen LogP contribution in [0.5, 0.6) is 5.75 Å². The molecule has 0 saturated carbocycles. The molecule has 2 heterocycles. The maximum Gasteiger partial charge on any atom is 0.206 e. The van der Waals surface area contributed by atoms with Gasteiger partial charge in [-0.25, -0.2) is 22.8 Å². The number of anilines is 2. The molecule has 0 bridgehead atoms. The second-order valence-corrected chi connectivity index (χ2v) is 13.8. The molecule has 6 rings (SSSR count). The van der Waals surface area contributed by atoms with Crippen LogP contribution in [0.3, 0.4) is 0 Å². The molecule has 246 valence electrons. The number of benzene rings is 4. The van der Waals surface area contributed by atoms with E-state index in [9.17, 15) is 17.6 Å². The van der Waals surface area contributed by atoms with Crippen molar-refractivity contribution in [2.45, 2.75) is 29.9 Å². The van der Waals surface area contributed by atoms with Gasteiger partial charge in [0.1, 0.15) is 30.3 Å². The van der Waals surface area contributed by atoms with Crippen molar-refractivity contribution >= 4 is 49.6 Å². The fraction of sp³-hybridized carbons (Fsp3) is 0.194. The Bertz CT molecular complexity index is 2080. The van der Waals surface area contributed by atoms with Crippen molar-refractivity contribution in [3.05, 3.63) is 132 Å². The summed E-state index contributed by atoms with van der Waals surface area (Å²) in [6.45, 7) is 0.936. The molecule has 0 spiro atoms. The highest BCUT2D eigenvalue weighted by atomic mass is 35.5. The molecule has 48 heavy (non-hydrogen) atoms. The maximum absolute atomic E-state index is 13.5. The van der Waals surface area contributed by atoms with E-state index >= 15 is 0 Å². The van der Waals surface area contributed by atoms with Gasteiger partial charge in [0.05, 0.1) is 27.4 Å². The van der Waals surface area contributed by atoms with E-state index in [1.54, 1.807) is 60.7 Å². The minimum Gasteiger partial charge on any atom is -0.487 e. The zero-order chi connectivity index (χ0) is 33.6. The smallest absolute Gasteiger partial charge is 0.206 e. The Morgan fingerprint density at radius 2 is 1.79 bits per heavy atom. The Morgan fingerprint density at radius 3 is 2.56 bits per heavy atom. The molecule has 12 heteroatoms. The van der Waals surface area contributed by atoms with E-state index in [-0.39, 0.29) is 30.5 Å². The van der Waals surface area contributed by atoms with Gasteiger partial charge in [-0.2, -0.15) is 0 Å². The van der Waals surface area contributed by atoms with Gasteiger partial charge in [0.2, 0.25) is 5.78 Å². The van der Waals surface area contributed by atoms with Crippen molar-refractivity contribution in [1.29, 1.82) is 0 Å². The number of aromatic nitrogens is 2. The number of halogens is 2. The number of carbonyl (C=O) groups is 1. The van der Waals surface area contributed by atoms with Crippen LogP contribution in [0.4, 0.5) is 15.9 Å². The van der Waals surface area contributed by atoms with Gasteiger partial charge in [-0.3, -0.25) is 4.79 Å². The standard InChI is InChI=1S/C36H32ClFN4O5S/c37-31-22-28(11-13-33(31)46-23-25-6-4-7-27(38)20-25)42-35-30-21-26(10-12-32(30)40-24-41-35)36(34(43)14-18-47-36)15-5-16-39-17-19-48(44,45)29-8-2-1-3-9-29/h1-4,6-14,18,20-22,24,39H,5,15-17,19,23H2,(H,40,41,42). The Hall–Kier alpha value is -4.84. The third kappa shape index (κ3) is 7.49. The Balaban J connectivity index is 1.13. The highest BCUT2D eigenvalue weighted by molar-refractivity contribution is 7.91. The molecule has 0 fully saturated rings. The van der Waals surface area contributed by atoms with Crippen molar-refractivity contribution in [3.8, 4) is 5.75 Å². The minimum atomic E-state index is -3.39. The van der Waals surface area contributed by atoms with E-state index in [0.29, 0.717) is 68.6 Å². The second kappa shape index (κ2) is 14.5. The molecule has 1 unspecified atom stereocenters. The summed E-state index contributed by atoms with van der Waals surface area (Å²) in [4.78, 5) is 22.4. The first-order valence-electron chi connectivity index (χ1n) is 15.3. The van der Waals surface area contributed by atoms with Gasteiger partial charge in [0.15, 0.2) is 15.4 Å². The fourth-order valence-corrected chi connectivity index (χ4v) is 6.96. The molecule has 0 radical (unpaired) electrons. The zero-order valence-corrected chi connectivity index (χ0v) is 27.3. The second-order valence-electron chi connectivity index (χ2n) is 11.2. The highest BCUT2D eigenvalue weighted by Crippen LogP contribution is 2.39. The van der Waals surface area contributed by atoms with Crippen molar-refractivity contribution in [2.75, 3.05) is 24.2 Å². The summed E-state index contributed by atoms with van der Waals surface area (Å²) >= 11 is 6.52. The van der Waals surface area contributed by atoms with E-state index in [2.05, 4.69) is 20.6 Å². The summed E-state index contributed by atoms with van der Waals surface area (Å²) in [5.41, 5.74) is 1.40. The van der Waals surface area contributed by atoms with Crippen LogP contribution in [0.15, 0.2) is 115 Å². The number of nitrogens with zero attached hydrogens (tertiary/aromatic N) is 2. The molecule has 0 amide bonds. The number of hydrogen-bond donors (Lipinski definition) is 2. The number of nitrogens with one attached hydrogen (secondary N) is 2. The SMILES string of the molecule is O=C1C=COC1(CCCNCCS(=O)(=O)c1ccccc1)c1ccc2ncnc(Nc3ccc(OCc4cccc(F)c4)c(Cl)c3)c2c1. The quantitative estimate of drug-likeness (QED) is 0.120. The average Bonchev–Trinajstić information content (AvgIpc) is 3.47. The molecule has 4 aromatic carbocycles. The van der Waals surface area contributed by atoms with Crippen molar-refractivity contribution in [2.24, 2.45) is 0 Å². The summed E-state index contributed by atoms with van der Waals surface area (Å²) in [7, 11) is -3.39. The van der Waals surface area contributed by atoms with Gasteiger partial charge in [0.25, 0.3) is 0 Å². The van der Waals surface area contributed by atoms with Gasteiger partial charge in [-0.1, -0.05) is 48.0 Å². The van der Waals surface area contributed by atoms with E-state index in [1.165, 1.54) is 30.8 Å². The topological polar surface area (TPSA) is 120 Å². The Morgan fingerprint density at radius 1 is 0.938 bits per heavy atom. The van der Waals surface area contributed by atoms with Gasteiger partial charge >= 0.3 is 0 Å². The lowest BCUT2D eigenvalue weighted by molar-refractivity contribution is -0.131. The summed E-state index contributed by atoms with van der Waals surface area (Å²) in [5, 5.41) is 7.50. The van der Waals surface area contributed by atoms with Crippen LogP contribution in [0.1, 0.15) is 24.0 Å². The monoisotopic (exact) mass is 686 g/mol. The molecule has 1 aromatic heterocycles. The highest BCUT2D eigenvalue weighted by Gasteiger charge is 2.43. The van der Waals surface area contributed by atoms with Crippen LogP contribution in [0.2, 0.25) is 5.02 Å². The number of sulfone groups is 1. The van der Waals surface area contributed by atoms with Crippen molar-refractivity contribution in [1.82, 2.24) is 15.3 Å². The molecular weight excluding hydrogens is 655 g/mol. The number of ketones is 1. The van der Waals surface area contributed by atoms with Crippen LogP contribution in [-0.2, 0) is 31.6 Å². The fourth-order valence-electron chi connectivity index (χ4n) is 5.51. The summed E-state index contributed by atoms with van der Waals surface area (Å²) in [6.07, 6.45) is 5.20. The summed E-state index contributed by atoms with van der Waals surface area (Å²) < 4.78 is 50.4. The molecule has 0 saturated heterocycles. The lowest BCUT2D eigenvalue weighted by atomic mass is 9.85.